The van der Waals surface area contributed by atoms with Gasteiger partial charge in [0.15, 0.2) is 11.6 Å². The van der Waals surface area contributed by atoms with Gasteiger partial charge in [-0.2, -0.15) is 4.98 Å². The zero-order valence-electron chi connectivity index (χ0n) is 19.5. The van der Waals surface area contributed by atoms with E-state index in [4.69, 9.17) is 0 Å². The van der Waals surface area contributed by atoms with E-state index >= 15 is 0 Å². The van der Waals surface area contributed by atoms with Gasteiger partial charge in [0.2, 0.25) is 21.9 Å². The summed E-state index contributed by atoms with van der Waals surface area (Å²) in [6.07, 6.45) is 8.08. The molecule has 1 aromatic heterocycles. The standard InChI is InChI=1S/C24H29FN6O3S/c1-35(33,34)31-9-8-13-11-17(6-7-19(13)31)28-24-26-12-18(25)22(30-24)29-21-15-3-2-14(10-15)20(21)23(32)27-16-4-5-16/h6-7,11-12,14-16,20-21H,2-5,8-10H2,1H3,(H,27,32)(H2,26,28,29,30). The Morgan fingerprint density at radius 2 is 1.97 bits per heavy atom. The third kappa shape index (κ3) is 4.30. The number of anilines is 4. The number of nitrogens with zero attached hydrogens (tertiary/aromatic N) is 3. The molecule has 186 valence electrons. The van der Waals surface area contributed by atoms with Crippen LogP contribution in [0.5, 0.6) is 0 Å². The molecule has 11 heteroatoms. The summed E-state index contributed by atoms with van der Waals surface area (Å²) in [6, 6.07) is 5.54. The molecule has 1 aromatic carbocycles. The van der Waals surface area contributed by atoms with Gasteiger partial charge < -0.3 is 16.0 Å². The van der Waals surface area contributed by atoms with E-state index in [1.54, 1.807) is 12.1 Å². The first-order valence-electron chi connectivity index (χ1n) is 12.2. The van der Waals surface area contributed by atoms with Gasteiger partial charge in [-0.25, -0.2) is 17.8 Å². The van der Waals surface area contributed by atoms with E-state index in [0.29, 0.717) is 42.2 Å². The topological polar surface area (TPSA) is 116 Å². The number of rotatable bonds is 7. The highest BCUT2D eigenvalue weighted by atomic mass is 32.2. The van der Waals surface area contributed by atoms with Crippen molar-refractivity contribution in [3.8, 4) is 0 Å². The quantitative estimate of drug-likeness (QED) is 0.535. The van der Waals surface area contributed by atoms with Crippen LogP contribution in [0, 0.1) is 23.6 Å². The fraction of sp³-hybridized carbons (Fsp3) is 0.542. The molecule has 35 heavy (non-hydrogen) atoms. The van der Waals surface area contributed by atoms with Gasteiger partial charge in [0.05, 0.1) is 24.1 Å². The maximum atomic E-state index is 14.7. The van der Waals surface area contributed by atoms with E-state index < -0.39 is 15.8 Å². The number of fused-ring (bicyclic) bond motifs is 3. The number of sulfonamides is 1. The van der Waals surface area contributed by atoms with E-state index in [0.717, 1.165) is 43.9 Å². The van der Waals surface area contributed by atoms with Crippen molar-refractivity contribution in [2.24, 2.45) is 17.8 Å². The summed E-state index contributed by atoms with van der Waals surface area (Å²) < 4.78 is 40.1. The van der Waals surface area contributed by atoms with Gasteiger partial charge in [0.25, 0.3) is 0 Å². The molecule has 4 unspecified atom stereocenters. The van der Waals surface area contributed by atoms with Crippen LogP contribution in [0.2, 0.25) is 0 Å². The van der Waals surface area contributed by atoms with Gasteiger partial charge in [0.1, 0.15) is 0 Å². The molecular formula is C24H29FN6O3S. The molecule has 3 fully saturated rings. The van der Waals surface area contributed by atoms with Crippen molar-refractivity contribution in [1.29, 1.82) is 0 Å². The Kier molecular flexibility index (Phi) is 5.35. The molecule has 4 aliphatic rings. The summed E-state index contributed by atoms with van der Waals surface area (Å²) in [5, 5.41) is 9.49. The number of halogens is 1. The third-order valence-corrected chi connectivity index (χ3v) is 8.96. The number of carbonyl (C=O) groups excluding carboxylic acids is 1. The number of carbonyl (C=O) groups is 1. The van der Waals surface area contributed by atoms with Gasteiger partial charge >= 0.3 is 0 Å². The minimum atomic E-state index is -3.32. The zero-order valence-corrected chi connectivity index (χ0v) is 20.3. The minimum absolute atomic E-state index is 0.0753. The number of hydrogen-bond donors (Lipinski definition) is 3. The van der Waals surface area contributed by atoms with Gasteiger partial charge in [-0.1, -0.05) is 0 Å². The van der Waals surface area contributed by atoms with E-state index in [9.17, 15) is 17.6 Å². The van der Waals surface area contributed by atoms with E-state index in [-0.39, 0.29) is 29.6 Å². The Balaban J connectivity index is 1.20. The van der Waals surface area contributed by atoms with Crippen LogP contribution in [0.25, 0.3) is 0 Å². The monoisotopic (exact) mass is 500 g/mol. The number of hydrogen-bond acceptors (Lipinski definition) is 7. The molecule has 3 N–H and O–H groups in total. The van der Waals surface area contributed by atoms with Crippen molar-refractivity contribution in [2.45, 2.75) is 50.6 Å². The lowest BCUT2D eigenvalue weighted by molar-refractivity contribution is -0.127. The largest absolute Gasteiger partial charge is 0.364 e. The van der Waals surface area contributed by atoms with Crippen molar-refractivity contribution >= 4 is 39.1 Å². The minimum Gasteiger partial charge on any atom is -0.364 e. The fourth-order valence-electron chi connectivity index (χ4n) is 6.01. The molecular weight excluding hydrogens is 471 g/mol. The summed E-state index contributed by atoms with van der Waals surface area (Å²) >= 11 is 0. The Morgan fingerprint density at radius 3 is 2.74 bits per heavy atom. The average molecular weight is 501 g/mol. The molecule has 1 aliphatic heterocycles. The maximum Gasteiger partial charge on any atom is 0.232 e. The van der Waals surface area contributed by atoms with Crippen LogP contribution < -0.4 is 20.3 Å². The van der Waals surface area contributed by atoms with Crippen molar-refractivity contribution in [3.05, 3.63) is 35.8 Å². The Hall–Kier alpha value is -2.95. The molecule has 9 nitrogen and oxygen atoms in total. The van der Waals surface area contributed by atoms with Crippen molar-refractivity contribution in [3.63, 3.8) is 0 Å². The highest BCUT2D eigenvalue weighted by molar-refractivity contribution is 7.92. The Bertz CT molecular complexity index is 1280. The molecule has 2 bridgehead atoms. The smallest absolute Gasteiger partial charge is 0.232 e. The number of aromatic nitrogens is 2. The van der Waals surface area contributed by atoms with Crippen LogP contribution >= 0.6 is 0 Å². The first-order valence-corrected chi connectivity index (χ1v) is 14.1. The van der Waals surface area contributed by atoms with Crippen LogP contribution in [0.4, 0.5) is 27.5 Å². The predicted octanol–water partition coefficient (Wildman–Crippen LogP) is 2.79. The second kappa shape index (κ2) is 8.32. The normalized spacial score (nSPS) is 27.1. The average Bonchev–Trinajstić information content (AvgIpc) is 3.20. The summed E-state index contributed by atoms with van der Waals surface area (Å²) in [5.74, 6) is 0.327. The predicted molar refractivity (Wildman–Crippen MR) is 131 cm³/mol. The first-order chi connectivity index (χ1) is 16.8. The third-order valence-electron chi connectivity index (χ3n) is 7.78. The number of amides is 1. The molecule has 0 spiro atoms. The molecule has 1 amide bonds. The van der Waals surface area contributed by atoms with Crippen molar-refractivity contribution in [2.75, 3.05) is 27.7 Å². The van der Waals surface area contributed by atoms with Crippen molar-refractivity contribution < 1.29 is 17.6 Å². The second-order valence-electron chi connectivity index (χ2n) is 10.3. The molecule has 2 heterocycles. The maximum absolute atomic E-state index is 14.7. The molecule has 0 radical (unpaired) electrons. The molecule has 2 aromatic rings. The molecule has 6 rings (SSSR count). The lowest BCUT2D eigenvalue weighted by Gasteiger charge is -2.31. The van der Waals surface area contributed by atoms with Crippen LogP contribution in [0.3, 0.4) is 0 Å². The van der Waals surface area contributed by atoms with E-state index in [1.165, 1.54) is 10.6 Å². The molecule has 3 aliphatic carbocycles. The van der Waals surface area contributed by atoms with Gasteiger partial charge in [-0.15, -0.1) is 0 Å². The highest BCUT2D eigenvalue weighted by Crippen LogP contribution is 2.50. The van der Waals surface area contributed by atoms with Gasteiger partial charge in [-0.05, 0) is 74.1 Å². The number of nitrogens with one attached hydrogen (secondary N) is 3. The molecule has 3 saturated carbocycles. The van der Waals surface area contributed by atoms with E-state index in [1.807, 2.05) is 6.07 Å². The van der Waals surface area contributed by atoms with Gasteiger partial charge in [0, 0.05) is 24.3 Å². The van der Waals surface area contributed by atoms with E-state index in [2.05, 4.69) is 25.9 Å². The Labute approximate surface area is 204 Å². The zero-order chi connectivity index (χ0) is 24.3. The molecule has 4 atom stereocenters. The summed E-state index contributed by atoms with van der Waals surface area (Å²) in [6.45, 7) is 0.414. The summed E-state index contributed by atoms with van der Waals surface area (Å²) in [4.78, 5) is 21.4. The lowest BCUT2D eigenvalue weighted by Crippen LogP contribution is -2.45. The van der Waals surface area contributed by atoms with Gasteiger partial charge in [-0.3, -0.25) is 9.10 Å². The Morgan fingerprint density at radius 1 is 1.17 bits per heavy atom. The lowest BCUT2D eigenvalue weighted by atomic mass is 9.83. The van der Waals surface area contributed by atoms with Crippen LogP contribution in [-0.2, 0) is 21.2 Å². The van der Waals surface area contributed by atoms with Crippen LogP contribution in [0.1, 0.15) is 37.7 Å². The second-order valence-corrected chi connectivity index (χ2v) is 12.2. The molecule has 0 saturated heterocycles. The first kappa shape index (κ1) is 22.5. The summed E-state index contributed by atoms with van der Waals surface area (Å²) in [5.41, 5.74) is 2.28. The highest BCUT2D eigenvalue weighted by Gasteiger charge is 2.51. The fourth-order valence-corrected chi connectivity index (χ4v) is 6.97. The summed E-state index contributed by atoms with van der Waals surface area (Å²) in [7, 11) is -3.32. The van der Waals surface area contributed by atoms with Crippen LogP contribution in [0.15, 0.2) is 24.4 Å². The van der Waals surface area contributed by atoms with Crippen LogP contribution in [-0.4, -0.2) is 49.2 Å². The SMILES string of the molecule is CS(=O)(=O)N1CCc2cc(Nc3ncc(F)c(NC4C5CCC(C5)C4C(=O)NC4CC4)n3)ccc21. The number of benzene rings is 1. The van der Waals surface area contributed by atoms with Crippen molar-refractivity contribution in [1.82, 2.24) is 15.3 Å².